The highest BCUT2D eigenvalue weighted by Gasteiger charge is 2.20. The number of hydrogen-bond donors (Lipinski definition) is 1. The van der Waals surface area contributed by atoms with Gasteiger partial charge in [-0.2, -0.15) is 5.10 Å². The maximum atomic E-state index is 6.36. The summed E-state index contributed by atoms with van der Waals surface area (Å²) in [4.78, 5) is 4.79. The van der Waals surface area contributed by atoms with Crippen LogP contribution in [0.25, 0.3) is 11.3 Å². The molecule has 0 spiro atoms. The summed E-state index contributed by atoms with van der Waals surface area (Å²) in [5.74, 6) is 2.19. The van der Waals surface area contributed by atoms with Crippen LogP contribution in [0.15, 0.2) is 6.20 Å². The van der Waals surface area contributed by atoms with Crippen molar-refractivity contribution in [3.05, 3.63) is 17.7 Å². The van der Waals surface area contributed by atoms with E-state index in [1.54, 1.807) is 0 Å². The summed E-state index contributed by atoms with van der Waals surface area (Å²) in [6.07, 6.45) is 4.12. The smallest absolute Gasteiger partial charge is 0.131 e. The molecule has 0 aromatic carbocycles. The Hall–Kier alpha value is -1.78. The van der Waals surface area contributed by atoms with Gasteiger partial charge in [-0.25, -0.2) is 4.98 Å². The minimum absolute atomic E-state index is 0.361. The van der Waals surface area contributed by atoms with E-state index in [4.69, 9.17) is 10.7 Å². The Balaban J connectivity index is 2.52. The molecule has 2 N–H and O–H groups in total. The number of unbranched alkanes of at least 4 members (excludes halogenated alkanes) is 1. The second-order valence-electron chi connectivity index (χ2n) is 5.63. The van der Waals surface area contributed by atoms with Gasteiger partial charge >= 0.3 is 0 Å². The van der Waals surface area contributed by atoms with E-state index in [-0.39, 0.29) is 0 Å². The molecule has 5 nitrogen and oxygen atoms in total. The van der Waals surface area contributed by atoms with Gasteiger partial charge in [0.25, 0.3) is 0 Å². The van der Waals surface area contributed by atoms with Gasteiger partial charge < -0.3 is 10.3 Å². The highest BCUT2D eigenvalue weighted by molar-refractivity contribution is 5.72. The number of rotatable bonds is 5. The van der Waals surface area contributed by atoms with E-state index < -0.39 is 0 Å². The summed E-state index contributed by atoms with van der Waals surface area (Å²) in [6, 6.07) is 0. The Labute approximate surface area is 120 Å². The molecule has 0 atom stereocenters. The number of aromatic nitrogens is 4. The van der Waals surface area contributed by atoms with Gasteiger partial charge in [-0.15, -0.1) is 0 Å². The second kappa shape index (κ2) is 5.69. The van der Waals surface area contributed by atoms with Crippen molar-refractivity contribution >= 4 is 5.82 Å². The maximum absolute atomic E-state index is 6.36. The molecule has 2 aromatic rings. The highest BCUT2D eigenvalue weighted by atomic mass is 15.3. The molecule has 0 radical (unpaired) electrons. The Morgan fingerprint density at radius 3 is 2.55 bits per heavy atom. The van der Waals surface area contributed by atoms with Gasteiger partial charge in [0.15, 0.2) is 0 Å². The van der Waals surface area contributed by atoms with E-state index in [9.17, 15) is 0 Å². The fraction of sp³-hybridized carbons (Fsp3) is 0.600. The lowest BCUT2D eigenvalue weighted by molar-refractivity contribution is 0.588. The Morgan fingerprint density at radius 2 is 2.05 bits per heavy atom. The molecule has 0 saturated carbocycles. The monoisotopic (exact) mass is 275 g/mol. The van der Waals surface area contributed by atoms with Gasteiger partial charge in [-0.05, 0) is 13.3 Å². The Bertz CT molecular complexity index is 592. The third-order valence-corrected chi connectivity index (χ3v) is 3.78. The van der Waals surface area contributed by atoms with Crippen molar-refractivity contribution < 1.29 is 0 Å². The number of anilines is 1. The van der Waals surface area contributed by atoms with Crippen molar-refractivity contribution in [3.63, 3.8) is 0 Å². The van der Waals surface area contributed by atoms with Crippen molar-refractivity contribution in [1.29, 1.82) is 0 Å². The van der Waals surface area contributed by atoms with Crippen LogP contribution in [0.3, 0.4) is 0 Å². The van der Waals surface area contributed by atoms with Gasteiger partial charge in [0.2, 0.25) is 0 Å². The third kappa shape index (κ3) is 2.44. The van der Waals surface area contributed by atoms with Crippen molar-refractivity contribution in [2.75, 3.05) is 5.73 Å². The minimum atomic E-state index is 0.361. The van der Waals surface area contributed by atoms with Gasteiger partial charge in [0.05, 0.1) is 6.20 Å². The van der Waals surface area contributed by atoms with Crippen LogP contribution >= 0.6 is 0 Å². The Kier molecular flexibility index (Phi) is 4.16. The fourth-order valence-corrected chi connectivity index (χ4v) is 2.40. The van der Waals surface area contributed by atoms with Crippen LogP contribution < -0.4 is 5.73 Å². The molecule has 0 fully saturated rings. The summed E-state index contributed by atoms with van der Waals surface area (Å²) >= 11 is 0. The molecule has 2 rings (SSSR count). The first-order chi connectivity index (χ1) is 9.47. The molecule has 110 valence electrons. The highest BCUT2D eigenvalue weighted by Crippen LogP contribution is 2.31. The number of hydrogen-bond acceptors (Lipinski definition) is 3. The molecular weight excluding hydrogens is 250 g/mol. The van der Waals surface area contributed by atoms with Gasteiger partial charge in [-0.1, -0.05) is 27.2 Å². The molecule has 5 heteroatoms. The molecule has 2 aromatic heterocycles. The normalized spacial score (nSPS) is 11.5. The number of imidazole rings is 1. The van der Waals surface area contributed by atoms with E-state index in [1.165, 1.54) is 0 Å². The van der Waals surface area contributed by atoms with E-state index in [2.05, 4.69) is 30.4 Å². The van der Waals surface area contributed by atoms with Crippen LogP contribution in [0, 0.1) is 6.92 Å². The van der Waals surface area contributed by atoms with E-state index in [0.717, 1.165) is 48.0 Å². The van der Waals surface area contributed by atoms with Gasteiger partial charge in [0.1, 0.15) is 17.3 Å². The quantitative estimate of drug-likeness (QED) is 0.912. The zero-order valence-electron chi connectivity index (χ0n) is 13.1. The minimum Gasteiger partial charge on any atom is -0.383 e. The number of nitrogen functional groups attached to an aromatic ring is 1. The van der Waals surface area contributed by atoms with E-state index in [1.807, 2.05) is 24.9 Å². The van der Waals surface area contributed by atoms with Crippen LogP contribution in [-0.4, -0.2) is 19.3 Å². The van der Waals surface area contributed by atoms with Crippen LogP contribution in [0.2, 0.25) is 0 Å². The zero-order valence-corrected chi connectivity index (χ0v) is 13.1. The standard InChI is InChI=1S/C15H25N5/c1-6-7-8-20-14(16)13(18-15(20)10(2)3)12-9-17-19(5)11(12)4/h9-10H,6-8,16H2,1-5H3. The summed E-state index contributed by atoms with van der Waals surface area (Å²) in [7, 11) is 1.94. The van der Waals surface area contributed by atoms with E-state index >= 15 is 0 Å². The number of nitrogens with zero attached hydrogens (tertiary/aromatic N) is 4. The van der Waals surface area contributed by atoms with Crippen molar-refractivity contribution in [1.82, 2.24) is 19.3 Å². The zero-order chi connectivity index (χ0) is 14.9. The molecular formula is C15H25N5. The molecule has 0 unspecified atom stereocenters. The number of nitrogens with two attached hydrogens (primary N) is 1. The Morgan fingerprint density at radius 1 is 1.35 bits per heavy atom. The van der Waals surface area contributed by atoms with Crippen LogP contribution in [0.1, 0.15) is 51.0 Å². The lowest BCUT2D eigenvalue weighted by Gasteiger charge is -2.11. The van der Waals surface area contributed by atoms with Crippen LogP contribution in [0.5, 0.6) is 0 Å². The average Bonchev–Trinajstić information content (AvgIpc) is 2.89. The molecule has 2 heterocycles. The molecule has 0 saturated heterocycles. The summed E-state index contributed by atoms with van der Waals surface area (Å²) in [5.41, 5.74) is 9.35. The predicted molar refractivity (Wildman–Crippen MR) is 82.6 cm³/mol. The topological polar surface area (TPSA) is 61.7 Å². The predicted octanol–water partition coefficient (Wildman–Crippen LogP) is 3.10. The largest absolute Gasteiger partial charge is 0.383 e. The van der Waals surface area contributed by atoms with E-state index in [0.29, 0.717) is 5.92 Å². The lowest BCUT2D eigenvalue weighted by atomic mass is 10.2. The summed E-state index contributed by atoms with van der Waals surface area (Å²) in [6.45, 7) is 9.48. The molecule has 0 aliphatic heterocycles. The molecule has 0 aliphatic carbocycles. The van der Waals surface area contributed by atoms with Gasteiger partial charge in [0, 0.05) is 30.8 Å². The first kappa shape index (κ1) is 14.6. The first-order valence-electron chi connectivity index (χ1n) is 7.32. The summed E-state index contributed by atoms with van der Waals surface area (Å²) in [5, 5.41) is 4.29. The molecule has 20 heavy (non-hydrogen) atoms. The molecule has 0 aliphatic rings. The van der Waals surface area contributed by atoms with Gasteiger partial charge in [-0.3, -0.25) is 4.68 Å². The fourth-order valence-electron chi connectivity index (χ4n) is 2.40. The van der Waals surface area contributed by atoms with Crippen molar-refractivity contribution in [2.45, 2.75) is 53.0 Å². The van der Waals surface area contributed by atoms with Crippen LogP contribution in [0.4, 0.5) is 5.82 Å². The third-order valence-electron chi connectivity index (χ3n) is 3.78. The first-order valence-corrected chi connectivity index (χ1v) is 7.32. The van der Waals surface area contributed by atoms with Crippen molar-refractivity contribution in [2.24, 2.45) is 7.05 Å². The van der Waals surface area contributed by atoms with Crippen LogP contribution in [-0.2, 0) is 13.6 Å². The SMILES string of the molecule is CCCCn1c(C(C)C)nc(-c2cnn(C)c2C)c1N. The lowest BCUT2D eigenvalue weighted by Crippen LogP contribution is -2.08. The van der Waals surface area contributed by atoms with Crippen molar-refractivity contribution in [3.8, 4) is 11.3 Å². The molecule has 0 bridgehead atoms. The molecule has 0 amide bonds. The second-order valence-corrected chi connectivity index (χ2v) is 5.63. The maximum Gasteiger partial charge on any atom is 0.131 e. The number of aryl methyl sites for hydroxylation is 1. The summed E-state index contributed by atoms with van der Waals surface area (Å²) < 4.78 is 4.02. The average molecular weight is 275 g/mol.